The van der Waals surface area contributed by atoms with Gasteiger partial charge in [0, 0.05) is 32.0 Å². The Kier molecular flexibility index (Phi) is 7.33. The van der Waals surface area contributed by atoms with Crippen LogP contribution in [0.15, 0.2) is 29.3 Å². The average Bonchev–Trinajstić information content (AvgIpc) is 3.09. The van der Waals surface area contributed by atoms with Crippen LogP contribution in [0.4, 0.5) is 0 Å². The van der Waals surface area contributed by atoms with Gasteiger partial charge in [-0.3, -0.25) is 4.79 Å². The van der Waals surface area contributed by atoms with Crippen LogP contribution in [-0.2, 0) is 23.8 Å². The van der Waals surface area contributed by atoms with E-state index in [1.165, 1.54) is 0 Å². The minimum absolute atomic E-state index is 0.0564. The zero-order valence-corrected chi connectivity index (χ0v) is 18.3. The molecule has 1 heterocycles. The normalized spacial score (nSPS) is 26.6. The summed E-state index contributed by atoms with van der Waals surface area (Å²) in [6, 6.07) is 7.37. The van der Waals surface area contributed by atoms with E-state index in [2.05, 4.69) is 10.4 Å². The van der Waals surface area contributed by atoms with Gasteiger partial charge in [0.2, 0.25) is 5.60 Å². The van der Waals surface area contributed by atoms with Gasteiger partial charge in [0.05, 0.1) is 12.7 Å². The lowest BCUT2D eigenvalue weighted by Gasteiger charge is -2.36. The Hall–Kier alpha value is -2.16. The predicted molar refractivity (Wildman–Crippen MR) is 112 cm³/mol. The van der Waals surface area contributed by atoms with Crippen molar-refractivity contribution in [1.29, 1.82) is 0 Å². The van der Waals surface area contributed by atoms with Crippen LogP contribution in [0.2, 0.25) is 5.02 Å². The van der Waals surface area contributed by atoms with Crippen LogP contribution in [0.25, 0.3) is 0 Å². The Morgan fingerprint density at radius 3 is 2.53 bits per heavy atom. The molecule has 9 heteroatoms. The van der Waals surface area contributed by atoms with E-state index in [0.717, 1.165) is 5.56 Å². The number of nitrogens with one attached hydrogen (secondary N) is 1. The third-order valence-corrected chi connectivity index (χ3v) is 5.71. The lowest BCUT2D eigenvalue weighted by molar-refractivity contribution is -0.188. The molecule has 0 amide bonds. The SMILES string of the molecule is CCOC(=O)C1(OC(=O)CC2=NC(c3ccc(Cl)cc3)N(C)N2)CCC(OC)CC1. The Morgan fingerprint density at radius 1 is 1.27 bits per heavy atom. The lowest BCUT2D eigenvalue weighted by atomic mass is 9.83. The standard InChI is InChI=1S/C21H28ClN3O5/c1-4-29-20(27)21(11-9-16(28-3)10-12-21)30-18(26)13-17-23-19(25(2)24-17)14-5-7-15(22)8-6-14/h5-8,16,19H,4,9-13H2,1-3H3,(H,23,24). The van der Waals surface area contributed by atoms with Crippen molar-refractivity contribution in [3.63, 3.8) is 0 Å². The number of carbonyl (C=O) groups is 2. The van der Waals surface area contributed by atoms with Crippen molar-refractivity contribution in [3.8, 4) is 0 Å². The van der Waals surface area contributed by atoms with E-state index in [1.807, 2.05) is 19.2 Å². The molecule has 0 saturated heterocycles. The van der Waals surface area contributed by atoms with Gasteiger partial charge in [0.25, 0.3) is 0 Å². The third kappa shape index (κ3) is 5.11. The number of esters is 2. The van der Waals surface area contributed by atoms with Gasteiger partial charge in [-0.1, -0.05) is 23.7 Å². The van der Waals surface area contributed by atoms with Gasteiger partial charge in [-0.05, 0) is 37.5 Å². The second-order valence-corrected chi connectivity index (χ2v) is 7.96. The fraction of sp³-hybridized carbons (Fsp3) is 0.571. The van der Waals surface area contributed by atoms with Crippen molar-refractivity contribution in [1.82, 2.24) is 10.4 Å². The third-order valence-electron chi connectivity index (χ3n) is 5.46. The first kappa shape index (κ1) is 22.5. The highest BCUT2D eigenvalue weighted by atomic mass is 35.5. The highest BCUT2D eigenvalue weighted by Crippen LogP contribution is 2.35. The van der Waals surface area contributed by atoms with Gasteiger partial charge >= 0.3 is 11.9 Å². The van der Waals surface area contributed by atoms with Gasteiger partial charge in [-0.2, -0.15) is 5.01 Å². The highest BCUT2D eigenvalue weighted by molar-refractivity contribution is 6.30. The first-order valence-electron chi connectivity index (χ1n) is 10.1. The molecule has 30 heavy (non-hydrogen) atoms. The number of rotatable bonds is 7. The number of ether oxygens (including phenoxy) is 3. The molecular weight excluding hydrogens is 410 g/mol. The molecule has 1 aromatic carbocycles. The Labute approximate surface area is 181 Å². The Bertz CT molecular complexity index is 790. The highest BCUT2D eigenvalue weighted by Gasteiger charge is 2.47. The second kappa shape index (κ2) is 9.76. The summed E-state index contributed by atoms with van der Waals surface area (Å²) in [5, 5.41) is 2.45. The topological polar surface area (TPSA) is 89.5 Å². The van der Waals surface area contributed by atoms with Gasteiger partial charge in [-0.15, -0.1) is 0 Å². The van der Waals surface area contributed by atoms with Crippen LogP contribution in [-0.4, -0.2) is 55.3 Å². The van der Waals surface area contributed by atoms with Gasteiger partial charge in [0.15, 0.2) is 0 Å². The molecule has 2 aliphatic rings. The maximum absolute atomic E-state index is 12.7. The van der Waals surface area contributed by atoms with E-state index >= 15 is 0 Å². The maximum Gasteiger partial charge on any atom is 0.350 e. The van der Waals surface area contributed by atoms with Gasteiger partial charge in [-0.25, -0.2) is 9.79 Å². The number of benzene rings is 1. The monoisotopic (exact) mass is 437 g/mol. The average molecular weight is 438 g/mol. The first-order valence-corrected chi connectivity index (χ1v) is 10.5. The van der Waals surface area contributed by atoms with Crippen LogP contribution < -0.4 is 5.43 Å². The Morgan fingerprint density at radius 2 is 1.93 bits per heavy atom. The number of aliphatic imine (C=N–C) groups is 1. The number of carbonyl (C=O) groups excluding carboxylic acids is 2. The molecule has 164 valence electrons. The molecule has 1 atom stereocenters. The molecule has 1 aromatic rings. The number of methoxy groups -OCH3 is 1. The fourth-order valence-electron chi connectivity index (χ4n) is 3.84. The largest absolute Gasteiger partial charge is 0.463 e. The van der Waals surface area contributed by atoms with Gasteiger partial charge in [0.1, 0.15) is 18.4 Å². The van der Waals surface area contributed by atoms with E-state index in [-0.39, 0.29) is 25.3 Å². The minimum Gasteiger partial charge on any atom is -0.463 e. The Balaban J connectivity index is 1.67. The fourth-order valence-corrected chi connectivity index (χ4v) is 3.97. The first-order chi connectivity index (χ1) is 14.4. The number of nitrogens with zero attached hydrogens (tertiary/aromatic N) is 2. The molecule has 1 aliphatic carbocycles. The van der Waals surface area contributed by atoms with E-state index in [0.29, 0.717) is 36.5 Å². The summed E-state index contributed by atoms with van der Waals surface area (Å²) in [6.45, 7) is 1.96. The second-order valence-electron chi connectivity index (χ2n) is 7.52. The van der Waals surface area contributed by atoms with Crippen LogP contribution >= 0.6 is 11.6 Å². The van der Waals surface area contributed by atoms with Crippen molar-refractivity contribution in [2.24, 2.45) is 4.99 Å². The molecule has 0 spiro atoms. The van der Waals surface area contributed by atoms with E-state index in [1.54, 1.807) is 31.2 Å². The van der Waals surface area contributed by atoms with Crippen molar-refractivity contribution in [3.05, 3.63) is 34.9 Å². The van der Waals surface area contributed by atoms with Crippen LogP contribution in [0.3, 0.4) is 0 Å². The summed E-state index contributed by atoms with van der Waals surface area (Å²) in [6.07, 6.45) is 1.73. The molecule has 1 fully saturated rings. The van der Waals surface area contributed by atoms with Crippen LogP contribution in [0, 0.1) is 0 Å². The number of halogens is 1. The van der Waals surface area contributed by atoms with Crippen LogP contribution in [0.1, 0.15) is 50.8 Å². The summed E-state index contributed by atoms with van der Waals surface area (Å²) in [4.78, 5) is 29.9. The lowest BCUT2D eigenvalue weighted by Crippen LogP contribution is -2.49. The van der Waals surface area contributed by atoms with Crippen molar-refractivity contribution < 1.29 is 23.8 Å². The molecule has 0 radical (unpaired) electrons. The number of hydrogen-bond donors (Lipinski definition) is 1. The molecule has 1 aliphatic heterocycles. The molecule has 1 unspecified atom stereocenters. The molecule has 1 N–H and O–H groups in total. The molecule has 8 nitrogen and oxygen atoms in total. The maximum atomic E-state index is 12.7. The number of hydrogen-bond acceptors (Lipinski definition) is 8. The smallest absolute Gasteiger partial charge is 0.350 e. The number of hydrazine groups is 1. The van der Waals surface area contributed by atoms with E-state index < -0.39 is 17.5 Å². The molecule has 0 bridgehead atoms. The molecular formula is C21H28ClN3O5. The van der Waals surface area contributed by atoms with E-state index in [9.17, 15) is 9.59 Å². The molecule has 1 saturated carbocycles. The predicted octanol–water partition coefficient (Wildman–Crippen LogP) is 3.01. The summed E-state index contributed by atoms with van der Waals surface area (Å²) < 4.78 is 16.3. The number of amidine groups is 1. The summed E-state index contributed by atoms with van der Waals surface area (Å²) in [7, 11) is 3.48. The molecule has 0 aromatic heterocycles. The van der Waals surface area contributed by atoms with Crippen molar-refractivity contribution >= 4 is 29.4 Å². The zero-order valence-electron chi connectivity index (χ0n) is 17.5. The summed E-state index contributed by atoms with van der Waals surface area (Å²) in [5.74, 6) is -0.534. The van der Waals surface area contributed by atoms with Crippen molar-refractivity contribution in [2.45, 2.75) is 56.9 Å². The van der Waals surface area contributed by atoms with E-state index in [4.69, 9.17) is 25.8 Å². The van der Waals surface area contributed by atoms with Gasteiger partial charge < -0.3 is 19.6 Å². The zero-order chi connectivity index (χ0) is 21.7. The van der Waals surface area contributed by atoms with Crippen molar-refractivity contribution in [2.75, 3.05) is 20.8 Å². The van der Waals surface area contributed by atoms with Crippen LogP contribution in [0.5, 0.6) is 0 Å². The quantitative estimate of drug-likeness (QED) is 0.656. The summed E-state index contributed by atoms with van der Waals surface area (Å²) in [5.41, 5.74) is 2.76. The molecule has 3 rings (SSSR count). The minimum atomic E-state index is -1.26. The summed E-state index contributed by atoms with van der Waals surface area (Å²) >= 11 is 5.95.